The minimum atomic E-state index is 0.749. The topological polar surface area (TPSA) is 38.1 Å². The number of hydrogen-bond acceptors (Lipinski definition) is 4. The molecule has 1 aromatic rings. The Morgan fingerprint density at radius 1 is 1.18 bits per heavy atom. The number of nitrogens with zero attached hydrogens (tertiary/aromatic N) is 1. The van der Waals surface area contributed by atoms with E-state index in [1.165, 1.54) is 31.4 Å². The number of aryl methyl sites for hydroxylation is 2. The normalized spacial score (nSPS) is 11.0. The fourth-order valence-electron chi connectivity index (χ4n) is 1.66. The van der Waals surface area contributed by atoms with Crippen molar-refractivity contribution in [1.29, 1.82) is 0 Å². The molecule has 0 fully saturated rings. The average Bonchev–Trinajstić information content (AvgIpc) is 2.62. The number of thioether (sulfide) groups is 1. The fraction of sp³-hybridized carbons (Fsp3) is 0.769. The highest BCUT2D eigenvalue weighted by Gasteiger charge is 2.03. The summed E-state index contributed by atoms with van der Waals surface area (Å²) in [6, 6.07) is 0. The van der Waals surface area contributed by atoms with Crippen LogP contribution in [0.1, 0.15) is 43.0 Å². The van der Waals surface area contributed by atoms with Crippen LogP contribution in [0.25, 0.3) is 0 Å². The molecule has 1 aromatic heterocycles. The van der Waals surface area contributed by atoms with Gasteiger partial charge in [-0.25, -0.2) is 4.98 Å². The van der Waals surface area contributed by atoms with E-state index in [0.29, 0.717) is 0 Å². The van der Waals surface area contributed by atoms with Crippen LogP contribution in [0.4, 0.5) is 0 Å². The monoisotopic (exact) mass is 256 g/mol. The van der Waals surface area contributed by atoms with Gasteiger partial charge in [0.1, 0.15) is 5.76 Å². The molecule has 0 aliphatic rings. The molecule has 0 aliphatic heterocycles. The van der Waals surface area contributed by atoms with Gasteiger partial charge in [-0.2, -0.15) is 11.8 Å². The number of nitrogens with one attached hydrogen (secondary N) is 1. The summed E-state index contributed by atoms with van der Waals surface area (Å²) in [4.78, 5) is 4.34. The van der Waals surface area contributed by atoms with Gasteiger partial charge in [0, 0.05) is 0 Å². The molecule has 17 heavy (non-hydrogen) atoms. The van der Waals surface area contributed by atoms with E-state index in [1.807, 2.05) is 25.6 Å². The third kappa shape index (κ3) is 6.13. The van der Waals surface area contributed by atoms with Crippen LogP contribution in [0.2, 0.25) is 0 Å². The second-order valence-corrected chi connectivity index (χ2v) is 5.32. The molecule has 0 saturated heterocycles. The highest BCUT2D eigenvalue weighted by atomic mass is 32.2. The lowest BCUT2D eigenvalue weighted by Crippen LogP contribution is -2.14. The first-order chi connectivity index (χ1) is 8.24. The predicted molar refractivity (Wildman–Crippen MR) is 74.5 cm³/mol. The van der Waals surface area contributed by atoms with Gasteiger partial charge in [-0.1, -0.05) is 12.8 Å². The van der Waals surface area contributed by atoms with Gasteiger partial charge >= 0.3 is 0 Å². The Labute approximate surface area is 109 Å². The van der Waals surface area contributed by atoms with E-state index < -0.39 is 0 Å². The zero-order chi connectivity index (χ0) is 12.5. The van der Waals surface area contributed by atoms with Crippen molar-refractivity contribution in [2.24, 2.45) is 0 Å². The summed E-state index contributed by atoms with van der Waals surface area (Å²) >= 11 is 1.93. The molecule has 0 amide bonds. The van der Waals surface area contributed by atoms with E-state index in [-0.39, 0.29) is 0 Å². The SMILES string of the molecule is CSCCCCCCNCc1nc(C)c(C)o1. The molecule has 1 heterocycles. The highest BCUT2D eigenvalue weighted by molar-refractivity contribution is 7.98. The predicted octanol–water partition coefficient (Wildman–Crippen LogP) is 3.30. The van der Waals surface area contributed by atoms with E-state index in [4.69, 9.17) is 4.42 Å². The molecule has 1 N–H and O–H groups in total. The number of rotatable bonds is 9. The van der Waals surface area contributed by atoms with Gasteiger partial charge in [0.15, 0.2) is 0 Å². The van der Waals surface area contributed by atoms with Gasteiger partial charge < -0.3 is 9.73 Å². The smallest absolute Gasteiger partial charge is 0.208 e. The van der Waals surface area contributed by atoms with Crippen molar-refractivity contribution in [3.63, 3.8) is 0 Å². The summed E-state index contributed by atoms with van der Waals surface area (Å²) in [5.41, 5.74) is 0.999. The summed E-state index contributed by atoms with van der Waals surface area (Å²) in [6.07, 6.45) is 7.42. The number of unbranched alkanes of at least 4 members (excludes halogenated alkanes) is 3. The minimum absolute atomic E-state index is 0.749. The Bertz CT molecular complexity index is 293. The Balaban J connectivity index is 1.97. The van der Waals surface area contributed by atoms with Gasteiger partial charge in [-0.15, -0.1) is 0 Å². The third-order valence-electron chi connectivity index (χ3n) is 2.80. The Hall–Kier alpha value is -0.480. The molecule has 0 radical (unpaired) electrons. The van der Waals surface area contributed by atoms with E-state index in [0.717, 1.165) is 30.4 Å². The molecular weight excluding hydrogens is 232 g/mol. The van der Waals surface area contributed by atoms with Crippen LogP contribution in [0.3, 0.4) is 0 Å². The summed E-state index contributed by atoms with van der Waals surface area (Å²) in [7, 11) is 0. The van der Waals surface area contributed by atoms with Gasteiger partial charge in [-0.05, 0) is 45.2 Å². The summed E-state index contributed by atoms with van der Waals surface area (Å²) in [5.74, 6) is 3.03. The van der Waals surface area contributed by atoms with Crippen molar-refractivity contribution < 1.29 is 4.42 Å². The molecule has 0 aromatic carbocycles. The van der Waals surface area contributed by atoms with Crippen LogP contribution in [-0.2, 0) is 6.54 Å². The van der Waals surface area contributed by atoms with E-state index >= 15 is 0 Å². The zero-order valence-corrected chi connectivity index (χ0v) is 12.0. The molecule has 0 saturated carbocycles. The van der Waals surface area contributed by atoms with Gasteiger partial charge in [0.25, 0.3) is 0 Å². The van der Waals surface area contributed by atoms with Crippen LogP contribution in [0, 0.1) is 13.8 Å². The molecule has 0 aliphatic carbocycles. The summed E-state index contributed by atoms with van der Waals surface area (Å²) in [6.45, 7) is 5.74. The van der Waals surface area contributed by atoms with Gasteiger partial charge in [0.2, 0.25) is 5.89 Å². The number of aromatic nitrogens is 1. The summed E-state index contributed by atoms with van der Waals surface area (Å²) in [5, 5.41) is 3.37. The fourth-order valence-corrected chi connectivity index (χ4v) is 2.15. The molecule has 3 nitrogen and oxygen atoms in total. The molecule has 1 rings (SSSR count). The van der Waals surface area contributed by atoms with Crippen molar-refractivity contribution in [2.45, 2.75) is 46.1 Å². The summed E-state index contributed by atoms with van der Waals surface area (Å²) < 4.78 is 5.50. The first kappa shape index (κ1) is 14.6. The van der Waals surface area contributed by atoms with Crippen LogP contribution < -0.4 is 5.32 Å². The van der Waals surface area contributed by atoms with Crippen LogP contribution >= 0.6 is 11.8 Å². The third-order valence-corrected chi connectivity index (χ3v) is 3.50. The largest absolute Gasteiger partial charge is 0.444 e. The van der Waals surface area contributed by atoms with Crippen molar-refractivity contribution in [1.82, 2.24) is 10.3 Å². The first-order valence-electron chi connectivity index (χ1n) is 6.36. The maximum atomic E-state index is 5.50. The van der Waals surface area contributed by atoms with Crippen LogP contribution in [0.15, 0.2) is 4.42 Å². The lowest BCUT2D eigenvalue weighted by Gasteiger charge is -2.02. The molecule has 0 atom stereocenters. The van der Waals surface area contributed by atoms with Crippen molar-refractivity contribution in [3.05, 3.63) is 17.3 Å². The van der Waals surface area contributed by atoms with Crippen LogP contribution in [-0.4, -0.2) is 23.5 Å². The van der Waals surface area contributed by atoms with E-state index in [1.54, 1.807) is 0 Å². The van der Waals surface area contributed by atoms with E-state index in [9.17, 15) is 0 Å². The average molecular weight is 256 g/mol. The van der Waals surface area contributed by atoms with Crippen molar-refractivity contribution >= 4 is 11.8 Å². The standard InChI is InChI=1S/C13H24N2OS/c1-11-12(2)16-13(15-11)10-14-8-6-4-5-7-9-17-3/h14H,4-10H2,1-3H3. The molecule has 0 unspecified atom stereocenters. The minimum Gasteiger partial charge on any atom is -0.444 e. The lowest BCUT2D eigenvalue weighted by molar-refractivity contribution is 0.446. The Morgan fingerprint density at radius 2 is 1.94 bits per heavy atom. The molecule has 0 spiro atoms. The zero-order valence-electron chi connectivity index (χ0n) is 11.2. The quantitative estimate of drug-likeness (QED) is 0.688. The maximum Gasteiger partial charge on any atom is 0.208 e. The highest BCUT2D eigenvalue weighted by Crippen LogP contribution is 2.08. The number of oxazole rings is 1. The molecule has 0 bridgehead atoms. The van der Waals surface area contributed by atoms with Gasteiger partial charge in [-0.3, -0.25) is 0 Å². The van der Waals surface area contributed by atoms with Crippen molar-refractivity contribution in [3.8, 4) is 0 Å². The van der Waals surface area contributed by atoms with Crippen molar-refractivity contribution in [2.75, 3.05) is 18.6 Å². The van der Waals surface area contributed by atoms with E-state index in [2.05, 4.69) is 16.6 Å². The Kier molecular flexibility index (Phi) is 7.37. The van der Waals surface area contributed by atoms with Gasteiger partial charge in [0.05, 0.1) is 12.2 Å². The molecule has 98 valence electrons. The number of hydrogen-bond donors (Lipinski definition) is 1. The molecule has 4 heteroatoms. The second-order valence-electron chi connectivity index (χ2n) is 4.33. The van der Waals surface area contributed by atoms with Crippen LogP contribution in [0.5, 0.6) is 0 Å². The first-order valence-corrected chi connectivity index (χ1v) is 7.76. The lowest BCUT2D eigenvalue weighted by atomic mass is 10.2. The maximum absolute atomic E-state index is 5.50. The Morgan fingerprint density at radius 3 is 2.59 bits per heavy atom. The molecular formula is C13H24N2OS. The second kappa shape index (κ2) is 8.59.